The number of hydrogen-bond acceptors (Lipinski definition) is 9. The van der Waals surface area contributed by atoms with E-state index in [1.54, 1.807) is 18.2 Å². The zero-order valence-corrected chi connectivity index (χ0v) is 23.9. The topological polar surface area (TPSA) is 119 Å². The first kappa shape index (κ1) is 27.7. The molecule has 0 amide bonds. The van der Waals surface area contributed by atoms with E-state index in [1.165, 1.54) is 6.33 Å². The van der Waals surface area contributed by atoms with Crippen molar-refractivity contribution in [3.63, 3.8) is 0 Å². The van der Waals surface area contributed by atoms with Gasteiger partial charge in [-0.1, -0.05) is 30.3 Å². The second-order valence-corrected chi connectivity index (χ2v) is 11.8. The SMILES string of the molecule is CS(=O)(=O)Nc1ccc(Nc2ncnc3ccc(-c4ccc(CN5CCOCC5)o4)cc23)cc1OCc1ccccc1. The van der Waals surface area contributed by atoms with Gasteiger partial charge in [-0.15, -0.1) is 0 Å². The van der Waals surface area contributed by atoms with E-state index in [0.29, 0.717) is 22.9 Å². The molecule has 1 saturated heterocycles. The molecule has 6 rings (SSSR count). The van der Waals surface area contributed by atoms with Gasteiger partial charge in [-0.25, -0.2) is 18.4 Å². The van der Waals surface area contributed by atoms with Crippen LogP contribution < -0.4 is 14.8 Å². The summed E-state index contributed by atoms with van der Waals surface area (Å²) in [6, 6.07) is 24.8. The Morgan fingerprint density at radius 1 is 0.952 bits per heavy atom. The second-order valence-electron chi connectivity index (χ2n) is 10.1. The zero-order valence-electron chi connectivity index (χ0n) is 23.1. The lowest BCUT2D eigenvalue weighted by molar-refractivity contribution is 0.0314. The molecule has 1 aliphatic rings. The number of benzene rings is 3. The van der Waals surface area contributed by atoms with Crippen LogP contribution in [-0.4, -0.2) is 55.8 Å². The second kappa shape index (κ2) is 12.2. The van der Waals surface area contributed by atoms with Crippen LogP contribution >= 0.6 is 0 Å². The van der Waals surface area contributed by atoms with Crippen LogP contribution in [0.2, 0.25) is 0 Å². The zero-order chi connectivity index (χ0) is 28.9. The summed E-state index contributed by atoms with van der Waals surface area (Å²) in [4.78, 5) is 11.3. The average molecular weight is 586 g/mol. The normalized spacial score (nSPS) is 14.1. The van der Waals surface area contributed by atoms with Crippen molar-refractivity contribution in [3.8, 4) is 17.1 Å². The van der Waals surface area contributed by atoms with Gasteiger partial charge in [-0.05, 0) is 48.0 Å². The van der Waals surface area contributed by atoms with E-state index in [4.69, 9.17) is 13.9 Å². The maximum Gasteiger partial charge on any atom is 0.229 e. The largest absolute Gasteiger partial charge is 0.487 e. The van der Waals surface area contributed by atoms with Crippen molar-refractivity contribution in [2.24, 2.45) is 0 Å². The van der Waals surface area contributed by atoms with Crippen LogP contribution in [0.5, 0.6) is 5.75 Å². The van der Waals surface area contributed by atoms with Crippen LogP contribution in [0.4, 0.5) is 17.2 Å². The van der Waals surface area contributed by atoms with E-state index in [9.17, 15) is 8.42 Å². The van der Waals surface area contributed by atoms with Crippen molar-refractivity contribution in [2.45, 2.75) is 13.2 Å². The highest BCUT2D eigenvalue weighted by Crippen LogP contribution is 2.33. The number of sulfonamides is 1. The smallest absolute Gasteiger partial charge is 0.229 e. The Hall–Kier alpha value is -4.45. The standard InChI is InChI=1S/C31H31N5O5S/c1-42(37,38)35-28-11-8-24(18-30(28)40-20-22-5-3-2-4-6-22)34-31-26-17-23(7-10-27(26)32-21-33-31)29-12-9-25(41-29)19-36-13-15-39-16-14-36/h2-12,17-18,21,35H,13-16,19-20H2,1H3,(H,32,33,34). The minimum atomic E-state index is -3.51. The first-order valence-electron chi connectivity index (χ1n) is 13.6. The quantitative estimate of drug-likeness (QED) is 0.222. The fourth-order valence-electron chi connectivity index (χ4n) is 4.78. The summed E-state index contributed by atoms with van der Waals surface area (Å²) in [5.74, 6) is 2.65. The molecule has 0 aliphatic carbocycles. The lowest BCUT2D eigenvalue weighted by Crippen LogP contribution is -2.35. The molecule has 10 nitrogen and oxygen atoms in total. The molecule has 0 radical (unpaired) electrons. The van der Waals surface area contributed by atoms with Gasteiger partial charge in [0, 0.05) is 35.8 Å². The Kier molecular flexibility index (Phi) is 8.04. The number of rotatable bonds is 10. The molecule has 0 saturated carbocycles. The molecule has 0 bridgehead atoms. The monoisotopic (exact) mass is 585 g/mol. The molecule has 42 heavy (non-hydrogen) atoms. The number of morpholine rings is 1. The summed E-state index contributed by atoms with van der Waals surface area (Å²) in [6.45, 7) is 4.29. The van der Waals surface area contributed by atoms with E-state index >= 15 is 0 Å². The fraction of sp³-hybridized carbons (Fsp3) is 0.226. The van der Waals surface area contributed by atoms with Crippen molar-refractivity contribution in [3.05, 3.63) is 96.5 Å². The number of anilines is 3. The van der Waals surface area contributed by atoms with Crippen LogP contribution in [0, 0.1) is 0 Å². The molecule has 2 aromatic heterocycles. The Bertz CT molecular complexity index is 1790. The first-order valence-corrected chi connectivity index (χ1v) is 15.5. The van der Waals surface area contributed by atoms with Crippen LogP contribution in [0.3, 0.4) is 0 Å². The highest BCUT2D eigenvalue weighted by Gasteiger charge is 2.15. The Morgan fingerprint density at radius 2 is 1.79 bits per heavy atom. The molecular weight excluding hydrogens is 554 g/mol. The predicted molar refractivity (Wildman–Crippen MR) is 162 cm³/mol. The number of nitrogens with zero attached hydrogens (tertiary/aromatic N) is 3. The minimum Gasteiger partial charge on any atom is -0.487 e. The van der Waals surface area contributed by atoms with Crippen molar-refractivity contribution in [2.75, 3.05) is 42.6 Å². The van der Waals surface area contributed by atoms with Gasteiger partial charge < -0.3 is 19.2 Å². The summed E-state index contributed by atoms with van der Waals surface area (Å²) >= 11 is 0. The molecule has 216 valence electrons. The van der Waals surface area contributed by atoms with Gasteiger partial charge in [-0.2, -0.15) is 0 Å². The van der Waals surface area contributed by atoms with E-state index in [1.807, 2.05) is 60.7 Å². The van der Waals surface area contributed by atoms with Crippen molar-refractivity contribution < 1.29 is 22.3 Å². The third-order valence-corrected chi connectivity index (χ3v) is 7.43. The molecule has 1 aliphatic heterocycles. The Morgan fingerprint density at radius 3 is 2.60 bits per heavy atom. The van der Waals surface area contributed by atoms with Gasteiger partial charge in [0.05, 0.1) is 37.2 Å². The lowest BCUT2D eigenvalue weighted by Gasteiger charge is -2.25. The third-order valence-electron chi connectivity index (χ3n) is 6.84. The molecule has 2 N–H and O–H groups in total. The number of nitrogens with one attached hydrogen (secondary N) is 2. The van der Waals surface area contributed by atoms with Crippen LogP contribution in [-0.2, 0) is 27.9 Å². The van der Waals surface area contributed by atoms with E-state index in [-0.39, 0.29) is 6.61 Å². The van der Waals surface area contributed by atoms with Gasteiger partial charge >= 0.3 is 0 Å². The summed E-state index contributed by atoms with van der Waals surface area (Å²) < 4.78 is 44.2. The Balaban J connectivity index is 1.26. The number of fused-ring (bicyclic) bond motifs is 1. The van der Waals surface area contributed by atoms with Gasteiger partial charge in [0.1, 0.15) is 36.0 Å². The van der Waals surface area contributed by atoms with Crippen LogP contribution in [0.25, 0.3) is 22.2 Å². The number of hydrogen-bond donors (Lipinski definition) is 2. The van der Waals surface area contributed by atoms with Gasteiger partial charge in [0.15, 0.2) is 0 Å². The highest BCUT2D eigenvalue weighted by atomic mass is 32.2. The first-order chi connectivity index (χ1) is 20.4. The third kappa shape index (κ3) is 6.88. The average Bonchev–Trinajstić information content (AvgIpc) is 3.46. The molecule has 0 atom stereocenters. The van der Waals surface area contributed by atoms with Crippen molar-refractivity contribution in [1.29, 1.82) is 0 Å². The number of aromatic nitrogens is 2. The minimum absolute atomic E-state index is 0.277. The van der Waals surface area contributed by atoms with Gasteiger partial charge in [0.25, 0.3) is 0 Å². The summed E-state index contributed by atoms with van der Waals surface area (Å²) in [5.41, 5.74) is 3.66. The van der Waals surface area contributed by atoms with Crippen molar-refractivity contribution >= 4 is 38.1 Å². The van der Waals surface area contributed by atoms with Crippen LogP contribution in [0.15, 0.2) is 89.6 Å². The Labute approximate surface area is 244 Å². The molecule has 11 heteroatoms. The summed E-state index contributed by atoms with van der Waals surface area (Å²) in [6.07, 6.45) is 2.61. The molecule has 0 spiro atoms. The molecule has 3 heterocycles. The molecule has 3 aromatic carbocycles. The maximum absolute atomic E-state index is 12.0. The molecule has 5 aromatic rings. The molecular formula is C31H31N5O5S. The highest BCUT2D eigenvalue weighted by molar-refractivity contribution is 7.92. The molecule has 1 fully saturated rings. The number of ether oxygens (including phenoxy) is 2. The lowest BCUT2D eigenvalue weighted by atomic mass is 10.1. The summed E-state index contributed by atoms with van der Waals surface area (Å²) in [7, 11) is -3.51. The number of furan rings is 1. The summed E-state index contributed by atoms with van der Waals surface area (Å²) in [5, 5.41) is 4.17. The molecule has 0 unspecified atom stereocenters. The predicted octanol–water partition coefficient (Wildman–Crippen LogP) is 5.42. The maximum atomic E-state index is 12.0. The van der Waals surface area contributed by atoms with E-state index in [0.717, 1.165) is 72.7 Å². The van der Waals surface area contributed by atoms with Gasteiger partial charge in [0.2, 0.25) is 10.0 Å². The fourth-order valence-corrected chi connectivity index (χ4v) is 5.35. The van der Waals surface area contributed by atoms with E-state index in [2.05, 4.69) is 24.9 Å². The van der Waals surface area contributed by atoms with Crippen LogP contribution in [0.1, 0.15) is 11.3 Å². The van der Waals surface area contributed by atoms with Gasteiger partial charge in [-0.3, -0.25) is 9.62 Å². The van der Waals surface area contributed by atoms with E-state index < -0.39 is 10.0 Å². The van der Waals surface area contributed by atoms with Crippen molar-refractivity contribution in [1.82, 2.24) is 14.9 Å².